The number of carbonyl (C=O) groups excluding carboxylic acids is 1. The van der Waals surface area contributed by atoms with Gasteiger partial charge in [-0.1, -0.05) is 38.8 Å². The van der Waals surface area contributed by atoms with E-state index in [0.29, 0.717) is 12.5 Å². The van der Waals surface area contributed by atoms with Crippen LogP contribution in [0.5, 0.6) is 0 Å². The van der Waals surface area contributed by atoms with Crippen LogP contribution in [-0.4, -0.2) is 34.8 Å². The molecule has 1 aliphatic heterocycles. The Kier molecular flexibility index (Phi) is 7.04. The summed E-state index contributed by atoms with van der Waals surface area (Å²) in [4.78, 5) is 11.9. The molecule has 1 saturated heterocycles. The summed E-state index contributed by atoms with van der Waals surface area (Å²) in [6, 6.07) is 0. The first-order valence-electron chi connectivity index (χ1n) is 6.20. The zero-order valence-electron chi connectivity index (χ0n) is 10.3. The minimum absolute atomic E-state index is 0.126. The Hall–Kier alpha value is 0.390. The molecule has 1 fully saturated rings. The van der Waals surface area contributed by atoms with Crippen molar-refractivity contribution in [3.05, 3.63) is 0 Å². The third kappa shape index (κ3) is 4.87. The molecule has 1 rings (SSSR count). The Morgan fingerprint density at radius 2 is 2.18 bits per heavy atom. The maximum atomic E-state index is 11.9. The summed E-state index contributed by atoms with van der Waals surface area (Å²) in [5.74, 6) is 0.126. The highest BCUT2D eigenvalue weighted by atomic mass is 79.9. The summed E-state index contributed by atoms with van der Waals surface area (Å²) in [7, 11) is 0. The lowest BCUT2D eigenvalue weighted by Crippen LogP contribution is -2.51. The number of ether oxygens (including phenoxy) is 1. The molecular weight excluding hydrogens is 350 g/mol. The first-order valence-corrected chi connectivity index (χ1v) is 8.44. The van der Waals surface area contributed by atoms with E-state index in [1.165, 1.54) is 0 Å². The highest BCUT2D eigenvalue weighted by molar-refractivity contribution is 9.09. The lowest BCUT2D eigenvalue weighted by molar-refractivity contribution is -0.123. The van der Waals surface area contributed by atoms with Crippen molar-refractivity contribution in [1.82, 2.24) is 5.32 Å². The summed E-state index contributed by atoms with van der Waals surface area (Å²) in [5.41, 5.74) is -0.159. The van der Waals surface area contributed by atoms with E-state index in [4.69, 9.17) is 4.74 Å². The summed E-state index contributed by atoms with van der Waals surface area (Å²) in [5, 5.41) is 4.66. The van der Waals surface area contributed by atoms with E-state index < -0.39 is 0 Å². The maximum Gasteiger partial charge on any atom is 0.220 e. The number of nitrogens with one attached hydrogen (secondary N) is 1. The fourth-order valence-corrected chi connectivity index (χ4v) is 3.90. The quantitative estimate of drug-likeness (QED) is 0.699. The van der Waals surface area contributed by atoms with Crippen molar-refractivity contribution in [2.24, 2.45) is 0 Å². The molecule has 1 unspecified atom stereocenters. The zero-order valence-corrected chi connectivity index (χ0v) is 13.5. The van der Waals surface area contributed by atoms with Crippen LogP contribution < -0.4 is 5.32 Å². The monoisotopic (exact) mass is 369 g/mol. The molecule has 3 nitrogen and oxygen atoms in total. The van der Waals surface area contributed by atoms with E-state index >= 15 is 0 Å². The Morgan fingerprint density at radius 3 is 2.65 bits per heavy atom. The first kappa shape index (κ1) is 15.4. The predicted molar refractivity (Wildman–Crippen MR) is 77.0 cm³/mol. The topological polar surface area (TPSA) is 38.3 Å². The predicted octanol–water partition coefficient (Wildman–Crippen LogP) is 3.00. The third-order valence-electron chi connectivity index (χ3n) is 3.31. The van der Waals surface area contributed by atoms with E-state index in [1.807, 2.05) is 0 Å². The smallest absolute Gasteiger partial charge is 0.220 e. The van der Waals surface area contributed by atoms with Crippen LogP contribution in [0.3, 0.4) is 0 Å². The van der Waals surface area contributed by atoms with Crippen molar-refractivity contribution >= 4 is 37.8 Å². The Bertz CT molecular complexity index is 230. The Balaban J connectivity index is 2.31. The number of hydrogen-bond acceptors (Lipinski definition) is 2. The molecule has 1 amide bonds. The van der Waals surface area contributed by atoms with Crippen LogP contribution in [0.15, 0.2) is 0 Å². The molecule has 0 bridgehead atoms. The molecule has 0 radical (unpaired) electrons. The van der Waals surface area contributed by atoms with Crippen LogP contribution in [0.25, 0.3) is 0 Å². The van der Waals surface area contributed by atoms with Gasteiger partial charge in [-0.25, -0.2) is 0 Å². The van der Waals surface area contributed by atoms with Crippen LogP contribution in [-0.2, 0) is 9.53 Å². The van der Waals surface area contributed by atoms with Gasteiger partial charge in [-0.05, 0) is 25.7 Å². The fourth-order valence-electron chi connectivity index (χ4n) is 1.90. The normalized spacial score (nSPS) is 20.5. The molecule has 0 aromatic heterocycles. The van der Waals surface area contributed by atoms with Crippen LogP contribution in [0, 0.1) is 0 Å². The van der Waals surface area contributed by atoms with Crippen LogP contribution in [0.1, 0.15) is 39.0 Å². The van der Waals surface area contributed by atoms with Crippen molar-refractivity contribution in [3.63, 3.8) is 0 Å². The molecule has 5 heteroatoms. The molecule has 1 atom stereocenters. The van der Waals surface area contributed by atoms with Gasteiger partial charge >= 0.3 is 0 Å². The summed E-state index contributed by atoms with van der Waals surface area (Å²) in [6.45, 7) is 2.94. The van der Waals surface area contributed by atoms with Gasteiger partial charge < -0.3 is 10.1 Å². The standard InChI is InChI=1S/C12H21Br2NO2/c1-2-12(8-13,9-14)15-11(16)6-5-10-4-3-7-17-10/h10H,2-9H2,1H3,(H,15,16). The number of halogens is 2. The molecule has 0 aromatic carbocycles. The van der Waals surface area contributed by atoms with Crippen molar-refractivity contribution in [1.29, 1.82) is 0 Å². The highest BCUT2D eigenvalue weighted by Crippen LogP contribution is 2.19. The molecule has 0 aliphatic carbocycles. The molecule has 100 valence electrons. The number of amides is 1. The summed E-state index contributed by atoms with van der Waals surface area (Å²) < 4.78 is 5.51. The van der Waals surface area contributed by atoms with Crippen molar-refractivity contribution < 1.29 is 9.53 Å². The third-order valence-corrected chi connectivity index (χ3v) is 5.46. The Labute approximate surface area is 120 Å². The molecule has 17 heavy (non-hydrogen) atoms. The number of rotatable bonds is 7. The fraction of sp³-hybridized carbons (Fsp3) is 0.917. The van der Waals surface area contributed by atoms with Gasteiger partial charge in [0.2, 0.25) is 5.91 Å². The van der Waals surface area contributed by atoms with Gasteiger partial charge in [-0.15, -0.1) is 0 Å². The zero-order chi connectivity index (χ0) is 12.7. The number of alkyl halides is 2. The van der Waals surface area contributed by atoms with Gasteiger partial charge in [0.15, 0.2) is 0 Å². The highest BCUT2D eigenvalue weighted by Gasteiger charge is 2.27. The molecule has 1 heterocycles. The lowest BCUT2D eigenvalue weighted by Gasteiger charge is -2.30. The van der Waals surface area contributed by atoms with Crippen molar-refractivity contribution in [3.8, 4) is 0 Å². The largest absolute Gasteiger partial charge is 0.378 e. The average molecular weight is 371 g/mol. The molecule has 1 N–H and O–H groups in total. The molecule has 0 saturated carbocycles. The van der Waals surface area contributed by atoms with Crippen molar-refractivity contribution in [2.45, 2.75) is 50.7 Å². The Morgan fingerprint density at radius 1 is 1.47 bits per heavy atom. The minimum atomic E-state index is -0.159. The van der Waals surface area contributed by atoms with E-state index in [2.05, 4.69) is 44.1 Å². The number of carbonyl (C=O) groups is 1. The van der Waals surface area contributed by atoms with Gasteiger partial charge in [0.05, 0.1) is 11.6 Å². The summed E-state index contributed by atoms with van der Waals surface area (Å²) >= 11 is 6.94. The molecular formula is C12H21Br2NO2. The van der Waals surface area contributed by atoms with Crippen LogP contribution >= 0.6 is 31.9 Å². The van der Waals surface area contributed by atoms with Gasteiger partial charge in [-0.2, -0.15) is 0 Å². The van der Waals surface area contributed by atoms with Crippen LogP contribution in [0.2, 0.25) is 0 Å². The molecule has 0 spiro atoms. The average Bonchev–Trinajstić information content (AvgIpc) is 2.87. The second kappa shape index (κ2) is 7.74. The summed E-state index contributed by atoms with van der Waals surface area (Å²) in [6.07, 6.45) is 4.85. The lowest BCUT2D eigenvalue weighted by atomic mass is 10.0. The van der Waals surface area contributed by atoms with E-state index in [1.54, 1.807) is 0 Å². The van der Waals surface area contributed by atoms with Crippen molar-refractivity contribution in [2.75, 3.05) is 17.3 Å². The van der Waals surface area contributed by atoms with E-state index in [-0.39, 0.29) is 11.4 Å². The number of hydrogen-bond donors (Lipinski definition) is 1. The van der Waals surface area contributed by atoms with Crippen LogP contribution in [0.4, 0.5) is 0 Å². The minimum Gasteiger partial charge on any atom is -0.378 e. The first-order chi connectivity index (χ1) is 8.15. The SMILES string of the molecule is CCC(CBr)(CBr)NC(=O)CCC1CCCO1. The second-order valence-electron chi connectivity index (χ2n) is 4.62. The molecule has 0 aromatic rings. The maximum absolute atomic E-state index is 11.9. The van der Waals surface area contributed by atoms with Gasteiger partial charge in [-0.3, -0.25) is 4.79 Å². The van der Waals surface area contributed by atoms with E-state index in [0.717, 1.165) is 43.0 Å². The van der Waals surface area contributed by atoms with Gasteiger partial charge in [0, 0.05) is 23.7 Å². The molecule has 1 aliphatic rings. The van der Waals surface area contributed by atoms with Gasteiger partial charge in [0.1, 0.15) is 0 Å². The van der Waals surface area contributed by atoms with Gasteiger partial charge in [0.25, 0.3) is 0 Å². The van der Waals surface area contributed by atoms with E-state index in [9.17, 15) is 4.79 Å². The second-order valence-corrected chi connectivity index (χ2v) is 5.74.